The highest BCUT2D eigenvalue weighted by molar-refractivity contribution is 7.81. The summed E-state index contributed by atoms with van der Waals surface area (Å²) < 4.78 is 25.4. The Balaban J connectivity index is 2.08. The Kier molecular flexibility index (Phi) is 5.87. The van der Waals surface area contributed by atoms with Gasteiger partial charge in [-0.1, -0.05) is 24.3 Å². The number of benzene rings is 2. The predicted molar refractivity (Wildman–Crippen MR) is 111 cm³/mol. The lowest BCUT2D eigenvalue weighted by atomic mass is 10.0. The quantitative estimate of drug-likeness (QED) is 0.655. The molecule has 0 bridgehead atoms. The summed E-state index contributed by atoms with van der Waals surface area (Å²) >= 11 is -2.49. The van der Waals surface area contributed by atoms with Crippen LogP contribution in [0.5, 0.6) is 0 Å². The number of aryl methyl sites for hydroxylation is 2. The van der Waals surface area contributed by atoms with E-state index in [1.54, 1.807) is 24.5 Å². The molecule has 6 nitrogen and oxygen atoms in total. The van der Waals surface area contributed by atoms with Crippen molar-refractivity contribution in [3.05, 3.63) is 72.1 Å². The predicted octanol–water partition coefficient (Wildman–Crippen LogP) is 4.26. The van der Waals surface area contributed by atoms with Gasteiger partial charge in [-0.3, -0.25) is 18.3 Å². The molecule has 0 aliphatic rings. The molecule has 3 rings (SSSR count). The Morgan fingerprint density at radius 2 is 1.86 bits per heavy atom. The molecule has 28 heavy (non-hydrogen) atoms. The highest BCUT2D eigenvalue weighted by Crippen LogP contribution is 2.34. The van der Waals surface area contributed by atoms with Crippen LogP contribution in [-0.4, -0.2) is 19.7 Å². The fraction of sp³-hybridized carbons (Fsp3) is 0.143. The van der Waals surface area contributed by atoms with E-state index in [4.69, 9.17) is 0 Å². The zero-order valence-electron chi connectivity index (χ0n) is 15.8. The topological polar surface area (TPSA) is 85.4 Å². The number of hydrogen-bond donors (Lipinski definition) is 1. The van der Waals surface area contributed by atoms with Gasteiger partial charge in [0.25, 0.3) is 0 Å². The Bertz CT molecular complexity index is 1050. The summed E-state index contributed by atoms with van der Waals surface area (Å²) in [5.41, 5.74) is 5.06. The molecule has 7 heteroatoms. The molecule has 0 spiro atoms. The summed E-state index contributed by atoms with van der Waals surface area (Å²) in [5.74, 6) is -0.184. The van der Waals surface area contributed by atoms with Gasteiger partial charge in [-0.05, 0) is 54.8 Å². The number of amides is 1. The summed E-state index contributed by atoms with van der Waals surface area (Å²) in [5, 5.41) is 2.70. The molecule has 3 aromatic rings. The maximum atomic E-state index is 12.1. The van der Waals surface area contributed by atoms with Crippen LogP contribution in [0.2, 0.25) is 0 Å². The summed E-state index contributed by atoms with van der Waals surface area (Å²) in [7, 11) is 0. The molecule has 2 aromatic carbocycles. The molecule has 0 saturated heterocycles. The lowest BCUT2D eigenvalue weighted by molar-refractivity contribution is -0.114. The van der Waals surface area contributed by atoms with E-state index >= 15 is 0 Å². The largest absolute Gasteiger partial charge is 0.755 e. The number of nitrogens with one attached hydrogen (secondary N) is 1. The monoisotopic (exact) mass is 394 g/mol. The van der Waals surface area contributed by atoms with Gasteiger partial charge in [0.05, 0.1) is 34.5 Å². The summed E-state index contributed by atoms with van der Waals surface area (Å²) in [6.45, 7) is 5.21. The summed E-state index contributed by atoms with van der Waals surface area (Å²) in [6, 6.07) is 14.7. The van der Waals surface area contributed by atoms with Gasteiger partial charge in [0.15, 0.2) is 0 Å². The van der Waals surface area contributed by atoms with E-state index in [2.05, 4.69) is 10.3 Å². The summed E-state index contributed by atoms with van der Waals surface area (Å²) in [6.07, 6.45) is 3.23. The lowest BCUT2D eigenvalue weighted by Crippen LogP contribution is -2.20. The fourth-order valence-electron chi connectivity index (χ4n) is 2.94. The third-order valence-corrected chi connectivity index (χ3v) is 4.91. The van der Waals surface area contributed by atoms with E-state index in [1.165, 1.54) is 11.2 Å². The second-order valence-electron chi connectivity index (χ2n) is 6.50. The zero-order valence-corrected chi connectivity index (χ0v) is 16.6. The van der Waals surface area contributed by atoms with Gasteiger partial charge >= 0.3 is 0 Å². The first kappa shape index (κ1) is 19.7. The van der Waals surface area contributed by atoms with Crippen molar-refractivity contribution in [2.45, 2.75) is 20.8 Å². The van der Waals surface area contributed by atoms with Crippen LogP contribution in [0.1, 0.15) is 18.1 Å². The minimum Gasteiger partial charge on any atom is -0.755 e. The molecule has 1 unspecified atom stereocenters. The average molecular weight is 394 g/mol. The van der Waals surface area contributed by atoms with E-state index in [1.807, 2.05) is 50.2 Å². The molecule has 0 saturated carbocycles. The van der Waals surface area contributed by atoms with E-state index in [0.29, 0.717) is 17.1 Å². The van der Waals surface area contributed by atoms with Crippen LogP contribution in [0.25, 0.3) is 11.1 Å². The maximum absolute atomic E-state index is 12.1. The SMILES string of the molecule is CC(=O)Nc1cncc(-c2ccc(C)c(N(c3cccc(C)c3)S(=O)[O-])c2)c1. The van der Waals surface area contributed by atoms with Crippen LogP contribution in [0.15, 0.2) is 60.9 Å². The van der Waals surface area contributed by atoms with E-state index in [9.17, 15) is 13.6 Å². The van der Waals surface area contributed by atoms with Crippen molar-refractivity contribution in [3.8, 4) is 11.1 Å². The van der Waals surface area contributed by atoms with Crippen molar-refractivity contribution >= 4 is 34.2 Å². The average Bonchev–Trinajstić information content (AvgIpc) is 2.63. The van der Waals surface area contributed by atoms with Crippen LogP contribution in [0, 0.1) is 13.8 Å². The van der Waals surface area contributed by atoms with Gasteiger partial charge in [-0.15, -0.1) is 0 Å². The number of pyridine rings is 1. The number of anilines is 3. The van der Waals surface area contributed by atoms with Crippen LogP contribution >= 0.6 is 0 Å². The fourth-order valence-corrected chi connectivity index (χ4v) is 3.58. The molecule has 0 fully saturated rings. The van der Waals surface area contributed by atoms with Crippen LogP contribution in [0.3, 0.4) is 0 Å². The number of nitrogens with zero attached hydrogens (tertiary/aromatic N) is 2. The number of aromatic nitrogens is 1. The first-order chi connectivity index (χ1) is 13.3. The second-order valence-corrected chi connectivity index (χ2v) is 7.29. The molecule has 0 aliphatic heterocycles. The normalized spacial score (nSPS) is 11.7. The molecule has 144 valence electrons. The van der Waals surface area contributed by atoms with Crippen molar-refractivity contribution in [3.63, 3.8) is 0 Å². The highest BCUT2D eigenvalue weighted by Gasteiger charge is 2.15. The molecule has 1 N–H and O–H groups in total. The Morgan fingerprint density at radius 1 is 1.07 bits per heavy atom. The van der Waals surface area contributed by atoms with E-state index in [0.717, 1.165) is 22.3 Å². The van der Waals surface area contributed by atoms with Gasteiger partial charge in [0, 0.05) is 18.7 Å². The smallest absolute Gasteiger partial charge is 0.221 e. The first-order valence-electron chi connectivity index (χ1n) is 8.65. The van der Waals surface area contributed by atoms with Crippen LogP contribution in [-0.2, 0) is 16.1 Å². The molecule has 1 amide bonds. The number of carbonyl (C=O) groups is 1. The van der Waals surface area contributed by atoms with Crippen LogP contribution < -0.4 is 9.62 Å². The molecular formula is C21H20N3O3S-. The van der Waals surface area contributed by atoms with Gasteiger partial charge in [0.2, 0.25) is 5.91 Å². The Labute approximate surface area is 166 Å². The highest BCUT2D eigenvalue weighted by atomic mass is 32.2. The standard InChI is InChI=1S/C21H21N3O3S/c1-14-5-4-6-20(9-14)24(28(26)27)21-11-17(8-7-15(21)2)18-10-19(13-22-12-18)23-16(3)25/h4-13H,1-3H3,(H,23,25)(H,26,27)/p-1. The molecule has 0 aliphatic carbocycles. The first-order valence-corrected chi connectivity index (χ1v) is 9.68. The number of rotatable bonds is 5. The molecule has 0 radical (unpaired) electrons. The van der Waals surface area contributed by atoms with Gasteiger partial charge in [0.1, 0.15) is 0 Å². The molecule has 1 atom stereocenters. The molecular weight excluding hydrogens is 374 g/mol. The zero-order chi connectivity index (χ0) is 20.3. The minimum absolute atomic E-state index is 0.184. The van der Waals surface area contributed by atoms with Gasteiger partial charge in [-0.2, -0.15) is 0 Å². The third kappa shape index (κ3) is 4.44. The van der Waals surface area contributed by atoms with Crippen molar-refractivity contribution in [1.29, 1.82) is 0 Å². The summed E-state index contributed by atoms with van der Waals surface area (Å²) in [4.78, 5) is 15.5. The Hall–Kier alpha value is -3.03. The van der Waals surface area contributed by atoms with Crippen LogP contribution in [0.4, 0.5) is 17.1 Å². The van der Waals surface area contributed by atoms with Gasteiger partial charge < -0.3 is 9.87 Å². The van der Waals surface area contributed by atoms with E-state index in [-0.39, 0.29) is 5.91 Å². The lowest BCUT2D eigenvalue weighted by Gasteiger charge is -2.28. The van der Waals surface area contributed by atoms with E-state index < -0.39 is 11.3 Å². The van der Waals surface area contributed by atoms with Gasteiger partial charge in [-0.25, -0.2) is 0 Å². The molecule has 1 aromatic heterocycles. The Morgan fingerprint density at radius 3 is 2.54 bits per heavy atom. The number of carbonyl (C=O) groups excluding carboxylic acids is 1. The minimum atomic E-state index is -2.49. The molecule has 1 heterocycles. The second kappa shape index (κ2) is 8.33. The van der Waals surface area contributed by atoms with Crippen molar-refractivity contribution in [2.75, 3.05) is 9.62 Å². The third-order valence-electron chi connectivity index (χ3n) is 4.21. The number of hydrogen-bond acceptors (Lipinski definition) is 4. The maximum Gasteiger partial charge on any atom is 0.221 e. The van der Waals surface area contributed by atoms with Crippen molar-refractivity contribution in [1.82, 2.24) is 4.98 Å². The van der Waals surface area contributed by atoms with Crippen molar-refractivity contribution in [2.24, 2.45) is 0 Å². The van der Waals surface area contributed by atoms with Crippen molar-refractivity contribution < 1.29 is 13.6 Å².